The summed E-state index contributed by atoms with van der Waals surface area (Å²) in [6.45, 7) is -0.0257. The second kappa shape index (κ2) is 5.93. The van der Waals surface area contributed by atoms with Crippen molar-refractivity contribution < 1.29 is 4.79 Å². The Kier molecular flexibility index (Phi) is 3.98. The first kappa shape index (κ1) is 14.8. The molecule has 6 heteroatoms. The lowest BCUT2D eigenvalue weighted by Gasteiger charge is -2.19. The van der Waals surface area contributed by atoms with E-state index in [2.05, 4.69) is 11.1 Å². The van der Waals surface area contributed by atoms with Gasteiger partial charge in [-0.3, -0.25) is 14.2 Å². The molecule has 0 spiro atoms. The molecule has 1 heterocycles. The molecule has 0 saturated carbocycles. The maximum absolute atomic E-state index is 12.4. The van der Waals surface area contributed by atoms with Gasteiger partial charge >= 0.3 is 0 Å². The summed E-state index contributed by atoms with van der Waals surface area (Å²) < 4.78 is 1.33. The highest BCUT2D eigenvalue weighted by Gasteiger charge is 2.17. The van der Waals surface area contributed by atoms with Gasteiger partial charge in [0.2, 0.25) is 5.91 Å². The number of nitrogens with zero attached hydrogens (tertiary/aromatic N) is 3. The third kappa shape index (κ3) is 2.76. The number of carbonyl (C=O) groups is 1. The number of likely N-dealkylation sites (N-methyl/N-ethyl adjacent to an activating group) is 1. The largest absolute Gasteiger partial charge is 0.318 e. The molecule has 3 rings (SSSR count). The Balaban J connectivity index is 1.89. The van der Waals surface area contributed by atoms with Crippen LogP contribution in [0.25, 0.3) is 10.9 Å². The molecule has 22 heavy (non-hydrogen) atoms. The van der Waals surface area contributed by atoms with E-state index in [1.165, 1.54) is 10.9 Å². The second-order valence-electron chi connectivity index (χ2n) is 5.38. The molecule has 0 atom stereocenters. The minimum Gasteiger partial charge on any atom is -0.318 e. The third-order valence-corrected chi connectivity index (χ3v) is 4.15. The van der Waals surface area contributed by atoms with Crippen molar-refractivity contribution in [1.82, 2.24) is 14.5 Å². The minimum atomic E-state index is -0.255. The number of carbonyl (C=O) groups excluding carboxylic acids is 1. The molecule has 0 N–H and O–H groups in total. The summed E-state index contributed by atoms with van der Waals surface area (Å²) in [5.41, 5.74) is 1.34. The summed E-state index contributed by atoms with van der Waals surface area (Å²) in [6, 6.07) is 4.96. The molecule has 1 aromatic heterocycles. The predicted molar refractivity (Wildman–Crippen MR) is 85.7 cm³/mol. The van der Waals surface area contributed by atoms with Gasteiger partial charge in [0.1, 0.15) is 6.54 Å². The number of benzene rings is 1. The van der Waals surface area contributed by atoms with Crippen molar-refractivity contribution in [1.29, 1.82) is 0 Å². The van der Waals surface area contributed by atoms with Crippen molar-refractivity contribution in [2.45, 2.75) is 25.8 Å². The van der Waals surface area contributed by atoms with E-state index >= 15 is 0 Å². The third-order valence-electron chi connectivity index (χ3n) is 3.91. The zero-order valence-corrected chi connectivity index (χ0v) is 13.0. The zero-order chi connectivity index (χ0) is 15.7. The number of fused-ring (bicyclic) bond motifs is 1. The van der Waals surface area contributed by atoms with Crippen LogP contribution in [0.15, 0.2) is 41.1 Å². The van der Waals surface area contributed by atoms with Crippen LogP contribution in [0.3, 0.4) is 0 Å². The Morgan fingerprint density at radius 3 is 3.00 bits per heavy atom. The number of aromatic nitrogens is 2. The topological polar surface area (TPSA) is 55.2 Å². The highest BCUT2D eigenvalue weighted by atomic mass is 35.5. The smallest absolute Gasteiger partial charge is 0.261 e. The van der Waals surface area contributed by atoms with Gasteiger partial charge in [0, 0.05) is 17.8 Å². The number of hydrogen-bond acceptors (Lipinski definition) is 3. The van der Waals surface area contributed by atoms with E-state index in [0.29, 0.717) is 15.9 Å². The Morgan fingerprint density at radius 1 is 1.45 bits per heavy atom. The molecular weight excluding hydrogens is 302 g/mol. The van der Waals surface area contributed by atoms with Crippen molar-refractivity contribution in [3.63, 3.8) is 0 Å². The van der Waals surface area contributed by atoms with E-state index in [4.69, 9.17) is 11.6 Å². The van der Waals surface area contributed by atoms with Crippen LogP contribution < -0.4 is 5.56 Å². The van der Waals surface area contributed by atoms with Gasteiger partial charge in [-0.15, -0.1) is 0 Å². The number of halogens is 1. The van der Waals surface area contributed by atoms with Gasteiger partial charge in [-0.05, 0) is 37.5 Å². The summed E-state index contributed by atoms with van der Waals surface area (Å²) in [5.74, 6) is -0.126. The van der Waals surface area contributed by atoms with E-state index in [9.17, 15) is 9.59 Å². The standard InChI is InChI=1S/C16H16ClN3O2/c1-19(12-4-2-3-5-12)15(21)9-20-10-18-14-7-6-11(17)8-13(14)16(20)22/h4,6-8,10H,2-3,5,9H2,1H3. The number of amides is 1. The average molecular weight is 318 g/mol. The molecule has 2 aromatic rings. The van der Waals surface area contributed by atoms with Gasteiger partial charge in [0.15, 0.2) is 0 Å². The molecule has 114 valence electrons. The molecule has 1 amide bonds. The first-order valence-electron chi connectivity index (χ1n) is 7.16. The second-order valence-corrected chi connectivity index (χ2v) is 5.82. The lowest BCUT2D eigenvalue weighted by Crippen LogP contribution is -2.33. The number of rotatable bonds is 3. The van der Waals surface area contributed by atoms with E-state index in [1.807, 2.05) is 0 Å². The van der Waals surface area contributed by atoms with Gasteiger partial charge < -0.3 is 4.90 Å². The molecule has 1 aliphatic rings. The molecule has 0 radical (unpaired) electrons. The van der Waals surface area contributed by atoms with E-state index < -0.39 is 0 Å². The Labute approximate surface area is 132 Å². The van der Waals surface area contributed by atoms with Gasteiger partial charge in [-0.2, -0.15) is 0 Å². The molecule has 0 fully saturated rings. The van der Waals surface area contributed by atoms with E-state index in [0.717, 1.165) is 25.0 Å². The molecule has 0 aliphatic heterocycles. The summed E-state index contributed by atoms with van der Waals surface area (Å²) in [6.07, 6.45) is 6.46. The molecule has 0 bridgehead atoms. The zero-order valence-electron chi connectivity index (χ0n) is 12.3. The van der Waals surface area contributed by atoms with Crippen molar-refractivity contribution in [3.8, 4) is 0 Å². The van der Waals surface area contributed by atoms with Crippen molar-refractivity contribution >= 4 is 28.4 Å². The first-order valence-corrected chi connectivity index (χ1v) is 7.54. The SMILES string of the molecule is CN(C(=O)Cn1cnc2ccc(Cl)cc2c1=O)C1=CCCC1. The van der Waals surface area contributed by atoms with Crippen LogP contribution in [0.1, 0.15) is 19.3 Å². The Morgan fingerprint density at radius 2 is 2.27 bits per heavy atom. The normalized spacial score (nSPS) is 14.2. The minimum absolute atomic E-state index is 0.0257. The quantitative estimate of drug-likeness (QED) is 0.874. The molecule has 1 aliphatic carbocycles. The fourth-order valence-electron chi connectivity index (χ4n) is 2.61. The van der Waals surface area contributed by atoms with Crippen LogP contribution in [0.2, 0.25) is 5.02 Å². The van der Waals surface area contributed by atoms with Crippen LogP contribution in [-0.2, 0) is 11.3 Å². The van der Waals surface area contributed by atoms with Gasteiger partial charge in [-0.1, -0.05) is 17.7 Å². The van der Waals surface area contributed by atoms with Crippen LogP contribution in [0.4, 0.5) is 0 Å². The highest BCUT2D eigenvalue weighted by Crippen LogP contribution is 2.20. The maximum Gasteiger partial charge on any atom is 0.261 e. The Hall–Kier alpha value is -2.14. The van der Waals surface area contributed by atoms with Gasteiger partial charge in [0.05, 0.1) is 17.2 Å². The molecule has 0 saturated heterocycles. The van der Waals surface area contributed by atoms with Crippen molar-refractivity contribution in [2.24, 2.45) is 0 Å². The Bertz CT molecular complexity index is 826. The maximum atomic E-state index is 12.4. The molecule has 1 aromatic carbocycles. The van der Waals surface area contributed by atoms with Crippen molar-refractivity contribution in [2.75, 3.05) is 7.05 Å². The molecular formula is C16H16ClN3O2. The summed E-state index contributed by atoms with van der Waals surface area (Å²) in [5, 5.41) is 0.897. The first-order chi connectivity index (χ1) is 10.6. The molecule has 0 unspecified atom stereocenters. The van der Waals surface area contributed by atoms with Gasteiger partial charge in [0.25, 0.3) is 5.56 Å². The summed E-state index contributed by atoms with van der Waals surface area (Å²) >= 11 is 5.93. The number of allylic oxidation sites excluding steroid dienone is 2. The lowest BCUT2D eigenvalue weighted by molar-refractivity contribution is -0.128. The van der Waals surface area contributed by atoms with Crippen LogP contribution in [0.5, 0.6) is 0 Å². The fraction of sp³-hybridized carbons (Fsp3) is 0.312. The van der Waals surface area contributed by atoms with Crippen LogP contribution in [-0.4, -0.2) is 27.4 Å². The fourth-order valence-corrected chi connectivity index (χ4v) is 2.79. The van der Waals surface area contributed by atoms with Crippen molar-refractivity contribution in [3.05, 3.63) is 51.7 Å². The highest BCUT2D eigenvalue weighted by molar-refractivity contribution is 6.31. The van der Waals surface area contributed by atoms with Crippen LogP contribution in [0, 0.1) is 0 Å². The number of hydrogen-bond donors (Lipinski definition) is 0. The monoisotopic (exact) mass is 317 g/mol. The molecule has 5 nitrogen and oxygen atoms in total. The predicted octanol–water partition coefficient (Wildman–Crippen LogP) is 2.58. The van der Waals surface area contributed by atoms with E-state index in [-0.39, 0.29) is 18.0 Å². The average Bonchev–Trinajstić information content (AvgIpc) is 3.04. The van der Waals surface area contributed by atoms with E-state index in [1.54, 1.807) is 30.1 Å². The van der Waals surface area contributed by atoms with Crippen LogP contribution >= 0.6 is 11.6 Å². The summed E-state index contributed by atoms with van der Waals surface area (Å²) in [7, 11) is 1.75. The summed E-state index contributed by atoms with van der Waals surface area (Å²) in [4.78, 5) is 30.6. The van der Waals surface area contributed by atoms with Gasteiger partial charge in [-0.25, -0.2) is 4.98 Å². The lowest BCUT2D eigenvalue weighted by atomic mass is 10.2.